The topological polar surface area (TPSA) is 87.2 Å². The van der Waals surface area contributed by atoms with E-state index in [1.165, 1.54) is 6.33 Å². The van der Waals surface area contributed by atoms with E-state index >= 15 is 0 Å². The van der Waals surface area contributed by atoms with Gasteiger partial charge in [-0.15, -0.1) is 0 Å². The molecule has 0 saturated carbocycles. The van der Waals surface area contributed by atoms with E-state index in [4.69, 9.17) is 23.7 Å². The molecule has 33 heavy (non-hydrogen) atoms. The molecule has 174 valence electrons. The molecule has 5 rings (SSSR count). The summed E-state index contributed by atoms with van der Waals surface area (Å²) < 4.78 is 29.3. The molecule has 1 aromatic heterocycles. The predicted molar refractivity (Wildman–Crippen MR) is 132 cm³/mol. The Labute approximate surface area is 205 Å². The molecule has 2 aromatic carbocycles. The van der Waals surface area contributed by atoms with E-state index in [2.05, 4.69) is 42.8 Å². The fourth-order valence-electron chi connectivity index (χ4n) is 3.92. The average Bonchev–Trinajstić information content (AvgIpc) is 3.35. The van der Waals surface area contributed by atoms with Crippen molar-refractivity contribution >= 4 is 45.0 Å². The van der Waals surface area contributed by atoms with Crippen molar-refractivity contribution in [3.63, 3.8) is 0 Å². The van der Waals surface area contributed by atoms with Gasteiger partial charge in [-0.1, -0.05) is 0 Å². The monoisotopic (exact) mass is 564 g/mol. The Hall–Kier alpha value is -2.57. The maximum Gasteiger partial charge on any atom is 0.231 e. The molecule has 0 bridgehead atoms. The highest BCUT2D eigenvalue weighted by Gasteiger charge is 2.22. The zero-order chi connectivity index (χ0) is 22.6. The van der Waals surface area contributed by atoms with E-state index in [1.54, 1.807) is 7.11 Å². The number of morpholine rings is 1. The molecule has 9 nitrogen and oxygen atoms in total. The molecule has 1 N–H and O–H groups in total. The number of benzene rings is 2. The summed E-state index contributed by atoms with van der Waals surface area (Å²) in [7, 11) is 1.63. The van der Waals surface area contributed by atoms with Crippen LogP contribution >= 0.6 is 22.6 Å². The number of nitrogens with one attached hydrogen (secondary N) is 1. The summed E-state index contributed by atoms with van der Waals surface area (Å²) in [5, 5.41) is 4.18. The van der Waals surface area contributed by atoms with E-state index < -0.39 is 0 Å². The van der Waals surface area contributed by atoms with Gasteiger partial charge in [0.2, 0.25) is 6.79 Å². The first-order valence-corrected chi connectivity index (χ1v) is 11.9. The molecule has 3 aromatic rings. The minimum Gasteiger partial charge on any atom is -0.493 e. The van der Waals surface area contributed by atoms with E-state index in [1.807, 2.05) is 24.3 Å². The second-order valence-electron chi connectivity index (χ2n) is 7.68. The third-order valence-electron chi connectivity index (χ3n) is 5.62. The molecule has 0 aliphatic carbocycles. The zero-order valence-corrected chi connectivity index (χ0v) is 20.5. The lowest BCUT2D eigenvalue weighted by Gasteiger charge is -2.26. The maximum absolute atomic E-state index is 6.06. The van der Waals surface area contributed by atoms with Crippen LogP contribution in [-0.4, -0.2) is 68.2 Å². The Bertz CT molecular complexity index is 1140. The number of fused-ring (bicyclic) bond motifs is 2. The van der Waals surface area contributed by atoms with Gasteiger partial charge < -0.3 is 29.0 Å². The van der Waals surface area contributed by atoms with E-state index in [0.717, 1.165) is 65.2 Å². The van der Waals surface area contributed by atoms with Gasteiger partial charge >= 0.3 is 0 Å². The summed E-state index contributed by atoms with van der Waals surface area (Å²) in [6.45, 7) is 5.36. The molecule has 10 heteroatoms. The minimum atomic E-state index is 0.203. The Morgan fingerprint density at radius 3 is 2.79 bits per heavy atom. The lowest BCUT2D eigenvalue weighted by molar-refractivity contribution is 0.0357. The summed E-state index contributed by atoms with van der Waals surface area (Å²) in [6, 6.07) is 7.72. The SMILES string of the molecule is COc1cc2c(Nc3ccc(I)c4c3OCO4)ncnc2cc1OCCCN1CCOCC1. The van der Waals surface area contributed by atoms with Gasteiger partial charge in [0.15, 0.2) is 23.0 Å². The minimum absolute atomic E-state index is 0.203. The van der Waals surface area contributed by atoms with Crippen LogP contribution in [0.5, 0.6) is 23.0 Å². The molecular weight excluding hydrogens is 539 g/mol. The molecule has 1 saturated heterocycles. The summed E-state index contributed by atoms with van der Waals surface area (Å²) in [6.07, 6.45) is 2.46. The second kappa shape index (κ2) is 10.1. The number of halogens is 1. The molecule has 0 unspecified atom stereocenters. The molecule has 0 radical (unpaired) electrons. The predicted octanol–water partition coefficient (Wildman–Crippen LogP) is 3.82. The summed E-state index contributed by atoms with van der Waals surface area (Å²) >= 11 is 2.23. The summed E-state index contributed by atoms with van der Waals surface area (Å²) in [5.41, 5.74) is 1.54. The van der Waals surface area contributed by atoms with Crippen molar-refractivity contribution in [2.45, 2.75) is 6.42 Å². The van der Waals surface area contributed by atoms with Crippen LogP contribution in [0, 0.1) is 3.57 Å². The van der Waals surface area contributed by atoms with Crippen molar-refractivity contribution < 1.29 is 23.7 Å². The van der Waals surface area contributed by atoms with Crippen molar-refractivity contribution in [2.24, 2.45) is 0 Å². The normalized spacial score (nSPS) is 15.6. The zero-order valence-electron chi connectivity index (χ0n) is 18.3. The standard InChI is InChI=1S/C23H25IN4O5/c1-29-19-11-15-18(12-20(19)31-8-2-5-28-6-9-30-10-7-28)25-13-26-23(15)27-17-4-3-16(24)21-22(17)33-14-32-21/h3-4,11-13H,2,5-10,14H2,1H3,(H,25,26,27). The Morgan fingerprint density at radius 2 is 1.94 bits per heavy atom. The third kappa shape index (κ3) is 4.87. The summed E-state index contributed by atoms with van der Waals surface area (Å²) in [5.74, 6) is 3.38. The van der Waals surface area contributed by atoms with Crippen LogP contribution in [0.4, 0.5) is 11.5 Å². The van der Waals surface area contributed by atoms with Gasteiger partial charge in [0.25, 0.3) is 0 Å². The number of nitrogens with zero attached hydrogens (tertiary/aromatic N) is 3. The van der Waals surface area contributed by atoms with Crippen molar-refractivity contribution in [1.82, 2.24) is 14.9 Å². The average molecular weight is 564 g/mol. The van der Waals surface area contributed by atoms with Crippen LogP contribution in [0.3, 0.4) is 0 Å². The largest absolute Gasteiger partial charge is 0.493 e. The van der Waals surface area contributed by atoms with Crippen LogP contribution in [0.25, 0.3) is 10.9 Å². The number of rotatable bonds is 8. The smallest absolute Gasteiger partial charge is 0.231 e. The highest BCUT2D eigenvalue weighted by atomic mass is 127. The number of ether oxygens (including phenoxy) is 5. The number of hydrogen-bond donors (Lipinski definition) is 1. The third-order valence-corrected chi connectivity index (χ3v) is 6.47. The van der Waals surface area contributed by atoms with Gasteiger partial charge in [0.05, 0.1) is 41.7 Å². The first kappa shape index (κ1) is 22.2. The summed E-state index contributed by atoms with van der Waals surface area (Å²) in [4.78, 5) is 11.3. The number of methoxy groups -OCH3 is 1. The van der Waals surface area contributed by atoms with E-state index in [9.17, 15) is 0 Å². The van der Waals surface area contributed by atoms with Gasteiger partial charge in [-0.25, -0.2) is 9.97 Å². The van der Waals surface area contributed by atoms with Crippen LogP contribution in [0.1, 0.15) is 6.42 Å². The molecule has 2 aliphatic heterocycles. The second-order valence-corrected chi connectivity index (χ2v) is 8.85. The molecule has 0 spiro atoms. The quantitative estimate of drug-likeness (QED) is 0.324. The van der Waals surface area contributed by atoms with Gasteiger partial charge in [-0.3, -0.25) is 4.90 Å². The Morgan fingerprint density at radius 1 is 1.09 bits per heavy atom. The van der Waals surface area contributed by atoms with Gasteiger partial charge in [0, 0.05) is 31.1 Å². The molecule has 3 heterocycles. The number of aromatic nitrogens is 2. The Kier molecular flexibility index (Phi) is 6.83. The lowest BCUT2D eigenvalue weighted by atomic mass is 10.2. The fraction of sp³-hybridized carbons (Fsp3) is 0.391. The first-order chi connectivity index (χ1) is 16.2. The lowest BCUT2D eigenvalue weighted by Crippen LogP contribution is -2.37. The number of anilines is 2. The van der Waals surface area contributed by atoms with Crippen molar-refractivity contribution in [3.8, 4) is 23.0 Å². The van der Waals surface area contributed by atoms with Gasteiger partial charge in [-0.05, 0) is 47.2 Å². The van der Waals surface area contributed by atoms with Crippen molar-refractivity contribution in [1.29, 1.82) is 0 Å². The fourth-order valence-corrected chi connectivity index (χ4v) is 4.50. The van der Waals surface area contributed by atoms with E-state index in [0.29, 0.717) is 29.7 Å². The maximum atomic E-state index is 6.06. The van der Waals surface area contributed by atoms with Crippen LogP contribution in [-0.2, 0) is 4.74 Å². The van der Waals surface area contributed by atoms with Gasteiger partial charge in [-0.2, -0.15) is 0 Å². The van der Waals surface area contributed by atoms with Crippen molar-refractivity contribution in [3.05, 3.63) is 34.2 Å². The molecule has 0 amide bonds. The molecule has 0 atom stereocenters. The first-order valence-electron chi connectivity index (χ1n) is 10.8. The highest BCUT2D eigenvalue weighted by Crippen LogP contribution is 2.44. The van der Waals surface area contributed by atoms with Crippen molar-refractivity contribution in [2.75, 3.05) is 58.7 Å². The molecule has 1 fully saturated rings. The molecular formula is C23H25IN4O5. The van der Waals surface area contributed by atoms with Gasteiger partial charge in [0.1, 0.15) is 12.1 Å². The van der Waals surface area contributed by atoms with Crippen LogP contribution < -0.4 is 24.3 Å². The Balaban J connectivity index is 1.34. The molecule has 2 aliphatic rings. The van der Waals surface area contributed by atoms with Crippen LogP contribution in [0.15, 0.2) is 30.6 Å². The highest BCUT2D eigenvalue weighted by molar-refractivity contribution is 14.1. The van der Waals surface area contributed by atoms with Crippen LogP contribution in [0.2, 0.25) is 0 Å². The number of hydrogen-bond acceptors (Lipinski definition) is 9. The van der Waals surface area contributed by atoms with E-state index in [-0.39, 0.29) is 6.79 Å².